The van der Waals surface area contributed by atoms with Crippen LogP contribution in [0.25, 0.3) is 0 Å². The van der Waals surface area contributed by atoms with Crippen molar-refractivity contribution < 1.29 is 19.1 Å². The summed E-state index contributed by atoms with van der Waals surface area (Å²) in [6, 6.07) is 19.4. The Bertz CT molecular complexity index is 773. The Morgan fingerprint density at radius 1 is 1.07 bits per heavy atom. The highest BCUT2D eigenvalue weighted by Crippen LogP contribution is 2.18. The summed E-state index contributed by atoms with van der Waals surface area (Å²) >= 11 is 0. The van der Waals surface area contributed by atoms with Gasteiger partial charge in [-0.2, -0.15) is 0 Å². The van der Waals surface area contributed by atoms with E-state index >= 15 is 0 Å². The van der Waals surface area contributed by atoms with Crippen LogP contribution in [0.3, 0.4) is 0 Å². The Balaban J connectivity index is 1.45. The molecule has 0 saturated carbocycles. The number of nitrogens with zero attached hydrogens (tertiary/aromatic N) is 1. The predicted molar refractivity (Wildman–Crippen MR) is 102 cm³/mol. The molecule has 1 aliphatic heterocycles. The van der Waals surface area contributed by atoms with Gasteiger partial charge in [0.25, 0.3) is 5.91 Å². The number of benzene rings is 2. The van der Waals surface area contributed by atoms with Crippen molar-refractivity contribution in [2.24, 2.45) is 0 Å². The van der Waals surface area contributed by atoms with Crippen molar-refractivity contribution in [3.05, 3.63) is 83.9 Å². The molecule has 0 unspecified atom stereocenters. The molecule has 0 radical (unpaired) electrons. The number of imide groups is 1. The van der Waals surface area contributed by atoms with Crippen molar-refractivity contribution in [3.8, 4) is 0 Å². The number of ether oxygens (including phenoxy) is 2. The minimum Gasteiger partial charge on any atom is -0.447 e. The summed E-state index contributed by atoms with van der Waals surface area (Å²) in [4.78, 5) is 25.5. The van der Waals surface area contributed by atoms with Crippen molar-refractivity contribution in [2.75, 3.05) is 13.2 Å². The van der Waals surface area contributed by atoms with Crippen LogP contribution in [0.1, 0.15) is 17.5 Å². The molecule has 0 N–H and O–H groups in total. The minimum atomic E-state index is -0.578. The topological polar surface area (TPSA) is 55.8 Å². The van der Waals surface area contributed by atoms with E-state index < -0.39 is 6.09 Å². The maximum Gasteiger partial charge on any atom is 0.417 e. The molecule has 0 spiro atoms. The summed E-state index contributed by atoms with van der Waals surface area (Å²) in [6.07, 6.45) is 3.78. The number of amides is 2. The monoisotopic (exact) mass is 365 g/mol. The van der Waals surface area contributed by atoms with Crippen LogP contribution in [0.2, 0.25) is 0 Å². The fourth-order valence-electron chi connectivity index (χ4n) is 2.95. The van der Waals surface area contributed by atoms with E-state index in [0.29, 0.717) is 26.1 Å². The van der Waals surface area contributed by atoms with E-state index in [1.807, 2.05) is 60.7 Å². The van der Waals surface area contributed by atoms with Gasteiger partial charge in [0.15, 0.2) is 0 Å². The maximum atomic E-state index is 12.4. The SMILES string of the molecule is O=C(/C=C\CCOCc1ccccc1)N1C(=O)OC[C@@H]1Cc1ccccc1. The highest BCUT2D eigenvalue weighted by atomic mass is 16.6. The lowest BCUT2D eigenvalue weighted by molar-refractivity contribution is -0.124. The first-order chi connectivity index (χ1) is 13.2. The molecule has 5 nitrogen and oxygen atoms in total. The lowest BCUT2D eigenvalue weighted by atomic mass is 10.1. The molecule has 0 aromatic heterocycles. The molecule has 1 atom stereocenters. The van der Waals surface area contributed by atoms with Gasteiger partial charge in [-0.25, -0.2) is 9.69 Å². The Morgan fingerprint density at radius 2 is 1.74 bits per heavy atom. The largest absolute Gasteiger partial charge is 0.447 e. The van der Waals surface area contributed by atoms with Crippen molar-refractivity contribution in [1.82, 2.24) is 4.90 Å². The average molecular weight is 365 g/mol. The molecule has 5 heteroatoms. The van der Waals surface area contributed by atoms with Gasteiger partial charge in [-0.15, -0.1) is 0 Å². The third-order valence-electron chi connectivity index (χ3n) is 4.31. The van der Waals surface area contributed by atoms with E-state index in [9.17, 15) is 9.59 Å². The van der Waals surface area contributed by atoms with Gasteiger partial charge in [-0.3, -0.25) is 4.79 Å². The summed E-state index contributed by atoms with van der Waals surface area (Å²) in [7, 11) is 0. The molecule has 1 aliphatic rings. The van der Waals surface area contributed by atoms with Crippen molar-refractivity contribution in [2.45, 2.75) is 25.5 Å². The molecule has 0 bridgehead atoms. The quantitative estimate of drug-likeness (QED) is 0.528. The van der Waals surface area contributed by atoms with E-state index in [4.69, 9.17) is 9.47 Å². The Hall–Kier alpha value is -2.92. The lowest BCUT2D eigenvalue weighted by Gasteiger charge is -2.18. The predicted octanol–water partition coefficient (Wildman–Crippen LogP) is 3.74. The molecule has 1 heterocycles. The Kier molecular flexibility index (Phi) is 6.77. The fraction of sp³-hybridized carbons (Fsp3) is 0.273. The molecule has 1 fully saturated rings. The third kappa shape index (κ3) is 5.53. The second-order valence-electron chi connectivity index (χ2n) is 6.36. The fourth-order valence-corrected chi connectivity index (χ4v) is 2.95. The second-order valence-corrected chi connectivity index (χ2v) is 6.36. The molecule has 2 amide bonds. The molecule has 140 valence electrons. The number of hydrogen-bond acceptors (Lipinski definition) is 4. The minimum absolute atomic E-state index is 0.230. The van der Waals surface area contributed by atoms with Crippen molar-refractivity contribution in [1.29, 1.82) is 0 Å². The molecular weight excluding hydrogens is 342 g/mol. The molecule has 27 heavy (non-hydrogen) atoms. The van der Waals surface area contributed by atoms with E-state index in [1.54, 1.807) is 6.08 Å². The van der Waals surface area contributed by atoms with Crippen molar-refractivity contribution in [3.63, 3.8) is 0 Å². The zero-order valence-electron chi connectivity index (χ0n) is 15.1. The van der Waals surface area contributed by atoms with E-state index in [1.165, 1.54) is 11.0 Å². The van der Waals surface area contributed by atoms with Crippen LogP contribution in [0.4, 0.5) is 4.79 Å². The number of hydrogen-bond donors (Lipinski definition) is 0. The molecule has 3 rings (SSSR count). The average Bonchev–Trinajstić information content (AvgIpc) is 3.06. The van der Waals surface area contributed by atoms with Gasteiger partial charge in [0.1, 0.15) is 6.61 Å². The number of carbonyl (C=O) groups excluding carboxylic acids is 2. The Labute approximate surface area is 159 Å². The first-order valence-corrected chi connectivity index (χ1v) is 9.06. The van der Waals surface area contributed by atoms with Gasteiger partial charge in [-0.1, -0.05) is 66.7 Å². The summed E-state index contributed by atoms with van der Waals surface area (Å²) in [5.74, 6) is -0.346. The Morgan fingerprint density at radius 3 is 2.44 bits per heavy atom. The van der Waals surface area contributed by atoms with Gasteiger partial charge in [-0.05, 0) is 30.0 Å². The summed E-state index contributed by atoms with van der Waals surface area (Å²) in [5, 5.41) is 0. The summed E-state index contributed by atoms with van der Waals surface area (Å²) < 4.78 is 10.7. The number of carbonyl (C=O) groups is 2. The van der Waals surface area contributed by atoms with Gasteiger partial charge in [0, 0.05) is 0 Å². The van der Waals surface area contributed by atoms with Crippen LogP contribution in [-0.2, 0) is 27.3 Å². The number of cyclic esters (lactones) is 1. The molecule has 2 aromatic carbocycles. The van der Waals surface area contributed by atoms with Gasteiger partial charge >= 0.3 is 6.09 Å². The summed E-state index contributed by atoms with van der Waals surface area (Å²) in [5.41, 5.74) is 2.18. The summed E-state index contributed by atoms with van der Waals surface area (Å²) in [6.45, 7) is 1.28. The lowest BCUT2D eigenvalue weighted by Crippen LogP contribution is -2.39. The van der Waals surface area contributed by atoms with Gasteiger partial charge in [0.2, 0.25) is 0 Å². The van der Waals surface area contributed by atoms with Crippen LogP contribution in [0.15, 0.2) is 72.8 Å². The van der Waals surface area contributed by atoms with Gasteiger partial charge in [0.05, 0.1) is 19.3 Å². The van der Waals surface area contributed by atoms with Gasteiger partial charge < -0.3 is 9.47 Å². The first-order valence-electron chi connectivity index (χ1n) is 9.06. The van der Waals surface area contributed by atoms with Crippen LogP contribution >= 0.6 is 0 Å². The highest BCUT2D eigenvalue weighted by molar-refractivity contribution is 5.99. The van der Waals surface area contributed by atoms with Crippen LogP contribution in [-0.4, -0.2) is 36.2 Å². The zero-order valence-corrected chi connectivity index (χ0v) is 15.1. The third-order valence-corrected chi connectivity index (χ3v) is 4.31. The van der Waals surface area contributed by atoms with E-state index in [2.05, 4.69) is 0 Å². The second kappa shape index (κ2) is 9.69. The van der Waals surface area contributed by atoms with E-state index in [-0.39, 0.29) is 18.6 Å². The number of rotatable bonds is 8. The molecule has 0 aliphatic carbocycles. The normalized spacial score (nSPS) is 16.7. The maximum absolute atomic E-state index is 12.4. The molecular formula is C22H23NO4. The highest BCUT2D eigenvalue weighted by Gasteiger charge is 2.36. The first kappa shape index (κ1) is 18.9. The van der Waals surface area contributed by atoms with Crippen molar-refractivity contribution >= 4 is 12.0 Å². The molecule has 2 aromatic rings. The van der Waals surface area contributed by atoms with Crippen LogP contribution < -0.4 is 0 Å². The zero-order chi connectivity index (χ0) is 18.9. The molecule has 1 saturated heterocycles. The van der Waals surface area contributed by atoms with Crippen LogP contribution in [0.5, 0.6) is 0 Å². The van der Waals surface area contributed by atoms with E-state index in [0.717, 1.165) is 11.1 Å². The smallest absolute Gasteiger partial charge is 0.417 e. The standard InChI is InChI=1S/C22H23NO4/c24-21(13-7-8-14-26-16-19-11-5-2-6-12-19)23-20(17-27-22(23)25)15-18-9-3-1-4-10-18/h1-7,9-13,20H,8,14-17H2/b13-7-/t20-/m0/s1. The van der Waals surface area contributed by atoms with Crippen LogP contribution in [0, 0.1) is 0 Å².